The Kier molecular flexibility index (Phi) is 7.76. The quantitative estimate of drug-likeness (QED) is 0.165. The zero-order valence-corrected chi connectivity index (χ0v) is 35.1. The van der Waals surface area contributed by atoms with Gasteiger partial charge in [-0.05, 0) is 154 Å². The smallest absolute Gasteiger partial charge is 0.0543 e. The van der Waals surface area contributed by atoms with Crippen LogP contribution in [0.25, 0.3) is 43.8 Å². The first-order valence-electron chi connectivity index (χ1n) is 22.0. The maximum Gasteiger partial charge on any atom is 0.0543 e. The second-order valence-corrected chi connectivity index (χ2v) is 19.7. The van der Waals surface area contributed by atoms with Gasteiger partial charge in [-0.1, -0.05) is 138 Å². The summed E-state index contributed by atoms with van der Waals surface area (Å²) >= 11 is 0. The molecule has 58 heavy (non-hydrogen) atoms. The monoisotopic (exact) mass is 756 g/mol. The van der Waals surface area contributed by atoms with E-state index >= 15 is 0 Å². The summed E-state index contributed by atoms with van der Waals surface area (Å²) < 4.78 is 0. The molecule has 0 aromatic heterocycles. The molecule has 0 amide bonds. The molecule has 2 aliphatic heterocycles. The minimum Gasteiger partial charge on any atom is -0.334 e. The Morgan fingerprint density at radius 2 is 0.759 bits per heavy atom. The molecule has 11 rings (SSSR count). The van der Waals surface area contributed by atoms with Gasteiger partial charge in [0.05, 0.1) is 11.1 Å². The molecular weight excluding hydrogens is 701 g/mol. The Hall–Kier alpha value is -5.34. The van der Waals surface area contributed by atoms with E-state index in [1.165, 1.54) is 116 Å². The van der Waals surface area contributed by atoms with E-state index in [-0.39, 0.29) is 21.9 Å². The second kappa shape index (κ2) is 12.6. The fraction of sp³-hybridized carbons (Fsp3) is 0.321. The molecule has 0 saturated heterocycles. The van der Waals surface area contributed by atoms with Crippen molar-refractivity contribution in [3.8, 4) is 22.3 Å². The highest BCUT2D eigenvalue weighted by Gasteiger charge is 2.59. The summed E-state index contributed by atoms with van der Waals surface area (Å²) in [4.78, 5) is 5.42. The third-order valence-corrected chi connectivity index (χ3v) is 16.4. The van der Waals surface area contributed by atoms with Crippen LogP contribution < -0.4 is 9.80 Å². The highest BCUT2D eigenvalue weighted by atomic mass is 15.3. The van der Waals surface area contributed by atoms with Crippen LogP contribution in [-0.4, -0.2) is 11.1 Å². The molecule has 2 saturated carbocycles. The maximum atomic E-state index is 2.71. The summed E-state index contributed by atoms with van der Waals surface area (Å²) in [6.07, 6.45) is 7.45. The molecule has 0 radical (unpaired) electrons. The third kappa shape index (κ3) is 4.72. The van der Waals surface area contributed by atoms with E-state index in [0.29, 0.717) is 11.8 Å². The summed E-state index contributed by atoms with van der Waals surface area (Å²) in [6.45, 7) is 15.1. The lowest BCUT2D eigenvalue weighted by atomic mass is 9.58. The normalized spacial score (nSPS) is 25.3. The number of hydrogen-bond acceptors (Lipinski definition) is 2. The summed E-state index contributed by atoms with van der Waals surface area (Å²) in [5.41, 5.74) is 14.0. The van der Waals surface area contributed by atoms with E-state index in [1.807, 2.05) is 0 Å². The van der Waals surface area contributed by atoms with Gasteiger partial charge in [-0.15, -0.1) is 0 Å². The van der Waals surface area contributed by atoms with E-state index in [4.69, 9.17) is 0 Å². The molecule has 0 bridgehead atoms. The first-order valence-corrected chi connectivity index (χ1v) is 22.0. The average Bonchev–Trinajstić information content (AvgIpc) is 3.66. The van der Waals surface area contributed by atoms with Crippen molar-refractivity contribution in [1.82, 2.24) is 0 Å². The van der Waals surface area contributed by atoms with Crippen LogP contribution in [0.4, 0.5) is 22.7 Å². The Labute approximate surface area is 345 Å². The first-order chi connectivity index (χ1) is 28.0. The molecule has 2 aliphatic carbocycles. The number of nitrogens with zero attached hydrogens (tertiary/aromatic N) is 2. The number of benzene rings is 7. The molecule has 7 aromatic carbocycles. The van der Waals surface area contributed by atoms with Crippen LogP contribution in [-0.2, 0) is 0 Å². The van der Waals surface area contributed by atoms with Gasteiger partial charge < -0.3 is 9.80 Å². The number of hydrogen-bond donors (Lipinski definition) is 0. The van der Waals surface area contributed by atoms with Crippen molar-refractivity contribution in [1.29, 1.82) is 0 Å². The topological polar surface area (TPSA) is 6.48 Å². The number of rotatable bonds is 4. The number of para-hydroxylation sites is 2. The van der Waals surface area contributed by atoms with Crippen LogP contribution in [0.2, 0.25) is 0 Å². The number of anilines is 4. The van der Waals surface area contributed by atoms with E-state index in [0.717, 1.165) is 0 Å². The lowest BCUT2D eigenvalue weighted by molar-refractivity contribution is 0.101. The molecule has 7 aromatic rings. The van der Waals surface area contributed by atoms with Gasteiger partial charge in [-0.2, -0.15) is 0 Å². The fourth-order valence-corrected chi connectivity index (χ4v) is 12.9. The van der Waals surface area contributed by atoms with Gasteiger partial charge in [-0.3, -0.25) is 0 Å². The van der Waals surface area contributed by atoms with E-state index in [2.05, 4.69) is 197 Å². The second-order valence-electron chi connectivity index (χ2n) is 19.7. The van der Waals surface area contributed by atoms with Crippen molar-refractivity contribution in [2.75, 3.05) is 9.80 Å². The van der Waals surface area contributed by atoms with Crippen LogP contribution in [0.3, 0.4) is 0 Å². The molecule has 2 fully saturated rings. The Morgan fingerprint density at radius 3 is 1.12 bits per heavy atom. The summed E-state index contributed by atoms with van der Waals surface area (Å²) in [5, 5.41) is 5.32. The van der Waals surface area contributed by atoms with Crippen molar-refractivity contribution in [2.24, 2.45) is 10.8 Å². The molecule has 0 N–H and O–H groups in total. The predicted octanol–water partition coefficient (Wildman–Crippen LogP) is 15.7. The lowest BCUT2D eigenvalue weighted by Crippen LogP contribution is -2.56. The molecule has 290 valence electrons. The molecule has 2 nitrogen and oxygen atoms in total. The van der Waals surface area contributed by atoms with Crippen molar-refractivity contribution < 1.29 is 0 Å². The first kappa shape index (κ1) is 35.8. The van der Waals surface area contributed by atoms with Crippen LogP contribution in [0.5, 0.6) is 0 Å². The Morgan fingerprint density at radius 1 is 0.414 bits per heavy atom. The summed E-state index contributed by atoms with van der Waals surface area (Å²) in [6, 6.07) is 55.7. The highest BCUT2D eigenvalue weighted by Crippen LogP contribution is 2.65. The van der Waals surface area contributed by atoms with E-state index in [1.54, 1.807) is 0 Å². The van der Waals surface area contributed by atoms with Crippen LogP contribution in [0.1, 0.15) is 103 Å². The van der Waals surface area contributed by atoms with Gasteiger partial charge in [0, 0.05) is 34.6 Å². The van der Waals surface area contributed by atoms with Crippen molar-refractivity contribution in [3.63, 3.8) is 0 Å². The van der Waals surface area contributed by atoms with Crippen molar-refractivity contribution in [3.05, 3.63) is 157 Å². The van der Waals surface area contributed by atoms with Crippen LogP contribution in [0, 0.1) is 10.8 Å². The molecule has 0 spiro atoms. The molecule has 2 heteroatoms. The summed E-state index contributed by atoms with van der Waals surface area (Å²) in [7, 11) is 0. The molecule has 2 heterocycles. The van der Waals surface area contributed by atoms with Gasteiger partial charge in [0.1, 0.15) is 0 Å². The number of fused-ring (bicyclic) bond motifs is 8. The van der Waals surface area contributed by atoms with E-state index < -0.39 is 0 Å². The van der Waals surface area contributed by atoms with Gasteiger partial charge >= 0.3 is 0 Å². The zero-order valence-electron chi connectivity index (χ0n) is 35.1. The molecule has 4 aliphatic rings. The standard InChI is InChI=1S/C56H56N2/c1-53(2)33-17-27-47-45-35-37(29-31-49(45)57(55(47,53)5)39-19-9-7-10-20-39)51-41-23-13-15-25-43(41)52(44-26-16-14-24-42(44)51)38-30-32-50-46(36-38)48-28-18-34-54(3,4)56(48,6)58(50)40-21-11-8-12-22-40/h7-16,19-26,29-32,35-36,47-48H,17-18,27-28,33-34H2,1-6H3. The molecule has 4 atom stereocenters. The third-order valence-electron chi connectivity index (χ3n) is 16.4. The van der Waals surface area contributed by atoms with Crippen LogP contribution in [0.15, 0.2) is 146 Å². The Bertz CT molecular complexity index is 2500. The fourth-order valence-electron chi connectivity index (χ4n) is 12.9. The zero-order chi connectivity index (χ0) is 39.6. The maximum absolute atomic E-state index is 2.71. The SMILES string of the molecule is CC1(C)CCCC2c3cc(-c4c5ccccc5c(-c5ccc6c(c5)C5CCCC(C)(C)C5(C)N6c5ccccc5)c5ccccc45)ccc3N(c3ccccc3)C21C. The predicted molar refractivity (Wildman–Crippen MR) is 247 cm³/mol. The minimum atomic E-state index is -0.0190. The minimum absolute atomic E-state index is 0.0190. The van der Waals surface area contributed by atoms with Gasteiger partial charge in [0.15, 0.2) is 0 Å². The van der Waals surface area contributed by atoms with Crippen molar-refractivity contribution >= 4 is 44.3 Å². The lowest BCUT2D eigenvalue weighted by Gasteiger charge is -2.55. The molecule has 4 unspecified atom stereocenters. The Balaban J connectivity index is 1.11. The van der Waals surface area contributed by atoms with Gasteiger partial charge in [0.2, 0.25) is 0 Å². The highest BCUT2D eigenvalue weighted by molar-refractivity contribution is 6.21. The van der Waals surface area contributed by atoms with Gasteiger partial charge in [0.25, 0.3) is 0 Å². The van der Waals surface area contributed by atoms with Gasteiger partial charge in [-0.25, -0.2) is 0 Å². The van der Waals surface area contributed by atoms with E-state index in [9.17, 15) is 0 Å². The largest absolute Gasteiger partial charge is 0.334 e. The average molecular weight is 757 g/mol. The van der Waals surface area contributed by atoms with Crippen LogP contribution >= 0.6 is 0 Å². The molecular formula is C56H56N2. The van der Waals surface area contributed by atoms with Crippen molar-refractivity contribution in [2.45, 2.75) is 103 Å². The summed E-state index contributed by atoms with van der Waals surface area (Å²) in [5.74, 6) is 0.918.